The van der Waals surface area contributed by atoms with Gasteiger partial charge in [0, 0.05) is 27.2 Å². The number of amides is 1. The molecule has 1 aromatic rings. The second-order valence-corrected chi connectivity index (χ2v) is 5.73. The third-order valence-corrected chi connectivity index (χ3v) is 3.96. The lowest BCUT2D eigenvalue weighted by molar-refractivity contribution is -0.135. The molecule has 1 saturated heterocycles. The third-order valence-electron chi connectivity index (χ3n) is 3.96. The highest BCUT2D eigenvalue weighted by Crippen LogP contribution is 2.28. The number of likely N-dealkylation sites (N-methyl/N-ethyl adjacent to an activating group) is 1. The highest BCUT2D eigenvalue weighted by molar-refractivity contribution is 5.82. The Balaban J connectivity index is 2.25. The quantitative estimate of drug-likeness (QED) is 0.907. The summed E-state index contributed by atoms with van der Waals surface area (Å²) < 4.78 is 0. The summed E-state index contributed by atoms with van der Waals surface area (Å²) in [5.74, 6) is 0.389. The summed E-state index contributed by atoms with van der Waals surface area (Å²) in [4.78, 5) is 16.4. The zero-order chi connectivity index (χ0) is 14.5. The van der Waals surface area contributed by atoms with Crippen LogP contribution in [0.5, 0.6) is 0 Å². The Bertz CT molecular complexity index is 433. The van der Waals surface area contributed by atoms with Gasteiger partial charge in [0.2, 0.25) is 5.91 Å². The van der Waals surface area contributed by atoms with Crippen LogP contribution in [-0.4, -0.2) is 54.6 Å². The second kappa shape index (κ2) is 6.86. The van der Waals surface area contributed by atoms with E-state index in [1.807, 2.05) is 30.3 Å². The van der Waals surface area contributed by atoms with E-state index in [9.17, 15) is 9.90 Å². The van der Waals surface area contributed by atoms with Gasteiger partial charge in [-0.15, -0.1) is 0 Å². The molecule has 1 heterocycles. The van der Waals surface area contributed by atoms with Crippen LogP contribution in [0.3, 0.4) is 0 Å². The molecule has 2 unspecified atom stereocenters. The number of aliphatic hydroxyl groups excluding tert-OH is 1. The van der Waals surface area contributed by atoms with Gasteiger partial charge in [-0.05, 0) is 30.9 Å². The summed E-state index contributed by atoms with van der Waals surface area (Å²) in [6, 6.07) is 9.69. The van der Waals surface area contributed by atoms with Crippen LogP contribution in [0.4, 0.5) is 0 Å². The molecule has 20 heavy (non-hydrogen) atoms. The van der Waals surface area contributed by atoms with E-state index in [2.05, 4.69) is 4.90 Å². The summed E-state index contributed by atoms with van der Waals surface area (Å²) in [5, 5.41) is 9.39. The van der Waals surface area contributed by atoms with Crippen LogP contribution in [0.2, 0.25) is 0 Å². The zero-order valence-electron chi connectivity index (χ0n) is 12.3. The molecule has 110 valence electrons. The molecule has 0 radical (unpaired) electrons. The normalized spacial score (nSPS) is 21.4. The van der Waals surface area contributed by atoms with Crippen molar-refractivity contribution in [2.24, 2.45) is 5.92 Å². The van der Waals surface area contributed by atoms with Crippen molar-refractivity contribution in [2.75, 3.05) is 33.8 Å². The molecule has 1 fully saturated rings. The fraction of sp³-hybridized carbons (Fsp3) is 0.562. The maximum Gasteiger partial charge on any atom is 0.244 e. The van der Waals surface area contributed by atoms with Crippen molar-refractivity contribution in [3.63, 3.8) is 0 Å². The van der Waals surface area contributed by atoms with Crippen molar-refractivity contribution < 1.29 is 9.90 Å². The van der Waals surface area contributed by atoms with Gasteiger partial charge in [0.05, 0.1) is 0 Å². The third kappa shape index (κ3) is 3.38. The number of likely N-dealkylation sites (tertiary alicyclic amines) is 1. The lowest BCUT2D eigenvalue weighted by Gasteiger charge is -2.38. The second-order valence-electron chi connectivity index (χ2n) is 5.73. The van der Waals surface area contributed by atoms with Crippen LogP contribution >= 0.6 is 0 Å². The van der Waals surface area contributed by atoms with Crippen molar-refractivity contribution in [1.82, 2.24) is 9.80 Å². The summed E-state index contributed by atoms with van der Waals surface area (Å²) in [6.45, 7) is 1.90. The molecule has 2 atom stereocenters. The largest absolute Gasteiger partial charge is 0.396 e. The minimum absolute atomic E-state index is 0.106. The molecule has 0 saturated carbocycles. The molecule has 0 aliphatic carbocycles. The van der Waals surface area contributed by atoms with Gasteiger partial charge < -0.3 is 10.0 Å². The van der Waals surface area contributed by atoms with Crippen molar-refractivity contribution in [3.05, 3.63) is 35.9 Å². The zero-order valence-corrected chi connectivity index (χ0v) is 12.3. The van der Waals surface area contributed by atoms with E-state index in [1.165, 1.54) is 0 Å². The predicted molar refractivity (Wildman–Crippen MR) is 79.3 cm³/mol. The maximum atomic E-state index is 12.6. The number of benzene rings is 1. The van der Waals surface area contributed by atoms with E-state index in [4.69, 9.17) is 0 Å². The minimum Gasteiger partial charge on any atom is -0.396 e. The summed E-state index contributed by atoms with van der Waals surface area (Å²) >= 11 is 0. The van der Waals surface area contributed by atoms with Crippen molar-refractivity contribution in [2.45, 2.75) is 18.9 Å². The molecule has 4 nitrogen and oxygen atoms in total. The average molecular weight is 276 g/mol. The minimum atomic E-state index is -0.236. The highest BCUT2D eigenvalue weighted by atomic mass is 16.3. The first kappa shape index (κ1) is 15.0. The highest BCUT2D eigenvalue weighted by Gasteiger charge is 2.32. The molecule has 4 heteroatoms. The maximum absolute atomic E-state index is 12.6. The van der Waals surface area contributed by atoms with Gasteiger partial charge in [-0.3, -0.25) is 9.69 Å². The van der Waals surface area contributed by atoms with E-state index in [0.717, 1.165) is 31.5 Å². The van der Waals surface area contributed by atoms with Crippen LogP contribution in [0.15, 0.2) is 30.3 Å². The van der Waals surface area contributed by atoms with Gasteiger partial charge in [0.1, 0.15) is 6.04 Å². The topological polar surface area (TPSA) is 43.8 Å². The number of piperidine rings is 1. The van der Waals surface area contributed by atoms with Gasteiger partial charge in [-0.25, -0.2) is 0 Å². The van der Waals surface area contributed by atoms with Crippen molar-refractivity contribution in [1.29, 1.82) is 0 Å². The van der Waals surface area contributed by atoms with Crippen LogP contribution < -0.4 is 0 Å². The Morgan fingerprint density at radius 3 is 2.70 bits per heavy atom. The summed E-state index contributed by atoms with van der Waals surface area (Å²) in [7, 11) is 3.59. The first-order valence-corrected chi connectivity index (χ1v) is 7.24. The van der Waals surface area contributed by atoms with Crippen molar-refractivity contribution >= 4 is 5.91 Å². The first-order chi connectivity index (χ1) is 9.63. The molecule has 1 aliphatic heterocycles. The molecule has 1 N–H and O–H groups in total. The SMILES string of the molecule is CN(C)C(=O)C(c1ccccc1)N1CCCC(CO)C1. The number of carbonyl (C=O) groups is 1. The number of hydrogen-bond donors (Lipinski definition) is 1. The molecule has 1 aliphatic rings. The molecule has 1 aromatic carbocycles. The molecule has 1 amide bonds. The van der Waals surface area contributed by atoms with E-state index in [-0.39, 0.29) is 24.5 Å². The van der Waals surface area contributed by atoms with E-state index in [0.29, 0.717) is 0 Å². The van der Waals surface area contributed by atoms with E-state index >= 15 is 0 Å². The monoisotopic (exact) mass is 276 g/mol. The Kier molecular flexibility index (Phi) is 5.15. The average Bonchev–Trinajstić information content (AvgIpc) is 2.48. The lowest BCUT2D eigenvalue weighted by Crippen LogP contribution is -2.45. The van der Waals surface area contributed by atoms with Crippen LogP contribution in [-0.2, 0) is 4.79 Å². The predicted octanol–water partition coefficient (Wildman–Crippen LogP) is 1.52. The van der Waals surface area contributed by atoms with E-state index < -0.39 is 0 Å². The number of aliphatic hydroxyl groups is 1. The van der Waals surface area contributed by atoms with Gasteiger partial charge in [-0.2, -0.15) is 0 Å². The van der Waals surface area contributed by atoms with Crippen LogP contribution in [0.25, 0.3) is 0 Å². The number of carbonyl (C=O) groups excluding carboxylic acids is 1. The molecule has 2 rings (SSSR count). The molecule has 0 bridgehead atoms. The standard InChI is InChI=1S/C16H24N2O2/c1-17(2)16(20)15(14-8-4-3-5-9-14)18-10-6-7-13(11-18)12-19/h3-5,8-9,13,15,19H,6-7,10-12H2,1-2H3. The molecular formula is C16H24N2O2. The fourth-order valence-electron chi connectivity index (χ4n) is 2.87. The lowest BCUT2D eigenvalue weighted by atomic mass is 9.95. The summed E-state index contributed by atoms with van der Waals surface area (Å²) in [5.41, 5.74) is 1.03. The molecular weight excluding hydrogens is 252 g/mol. The van der Waals surface area contributed by atoms with Crippen molar-refractivity contribution in [3.8, 4) is 0 Å². The summed E-state index contributed by atoms with van der Waals surface area (Å²) in [6.07, 6.45) is 2.08. The van der Waals surface area contributed by atoms with Gasteiger partial charge >= 0.3 is 0 Å². The van der Waals surface area contributed by atoms with Crippen LogP contribution in [0, 0.1) is 5.92 Å². The Morgan fingerprint density at radius 1 is 1.40 bits per heavy atom. The number of nitrogens with zero attached hydrogens (tertiary/aromatic N) is 2. The van der Waals surface area contributed by atoms with E-state index in [1.54, 1.807) is 19.0 Å². The fourth-order valence-corrected chi connectivity index (χ4v) is 2.87. The smallest absolute Gasteiger partial charge is 0.244 e. The first-order valence-electron chi connectivity index (χ1n) is 7.24. The Morgan fingerprint density at radius 2 is 2.10 bits per heavy atom. The Hall–Kier alpha value is -1.39. The van der Waals surface area contributed by atoms with Crippen LogP contribution in [0.1, 0.15) is 24.4 Å². The number of rotatable bonds is 4. The number of hydrogen-bond acceptors (Lipinski definition) is 3. The van der Waals surface area contributed by atoms with Gasteiger partial charge in [-0.1, -0.05) is 30.3 Å². The molecule has 0 aromatic heterocycles. The van der Waals surface area contributed by atoms with Gasteiger partial charge in [0.25, 0.3) is 0 Å². The van der Waals surface area contributed by atoms with Gasteiger partial charge in [0.15, 0.2) is 0 Å². The Labute approximate surface area is 121 Å². The molecule has 0 spiro atoms.